The molecule has 0 radical (unpaired) electrons. The van der Waals surface area contributed by atoms with E-state index in [1.54, 1.807) is 18.2 Å². The highest BCUT2D eigenvalue weighted by Crippen LogP contribution is 2.33. The van der Waals surface area contributed by atoms with Crippen LogP contribution in [0.2, 0.25) is 0 Å². The van der Waals surface area contributed by atoms with Gasteiger partial charge in [-0.05, 0) is 72.8 Å². The van der Waals surface area contributed by atoms with Crippen molar-refractivity contribution in [3.8, 4) is 11.1 Å². The molecule has 0 unspecified atom stereocenters. The Morgan fingerprint density at radius 2 is 1.67 bits per heavy atom. The smallest absolute Gasteiger partial charge is 0.355 e. The van der Waals surface area contributed by atoms with Crippen molar-refractivity contribution in [1.29, 1.82) is 0 Å². The molecule has 1 fully saturated rings. The zero-order valence-corrected chi connectivity index (χ0v) is 23.4. The number of amides is 1. The third-order valence-electron chi connectivity index (χ3n) is 7.14. The quantitative estimate of drug-likeness (QED) is 0.290. The first kappa shape index (κ1) is 26.8. The summed E-state index contributed by atoms with van der Waals surface area (Å²) >= 11 is 3.51. The molecule has 200 valence electrons. The van der Waals surface area contributed by atoms with E-state index in [1.165, 1.54) is 24.5 Å². The molecule has 1 saturated heterocycles. The second-order valence-corrected chi connectivity index (χ2v) is 10.6. The van der Waals surface area contributed by atoms with Gasteiger partial charge in [0.15, 0.2) is 0 Å². The Balaban J connectivity index is 1.49. The topological polar surface area (TPSA) is 80.6 Å². The molecule has 1 aliphatic heterocycles. The van der Waals surface area contributed by atoms with Gasteiger partial charge in [0.05, 0.1) is 13.7 Å². The third-order valence-corrected chi connectivity index (χ3v) is 7.64. The minimum Gasteiger partial charge on any atom is -0.464 e. The molecule has 1 aliphatic rings. The van der Waals surface area contributed by atoms with Gasteiger partial charge in [-0.1, -0.05) is 58.4 Å². The number of likely N-dealkylation sites (tertiary alicyclic amines) is 1. The molecule has 7 nitrogen and oxygen atoms in total. The lowest BCUT2D eigenvalue weighted by atomic mass is 9.96. The fourth-order valence-corrected chi connectivity index (χ4v) is 5.52. The van der Waals surface area contributed by atoms with Gasteiger partial charge in [-0.2, -0.15) is 0 Å². The van der Waals surface area contributed by atoms with Gasteiger partial charge in [-0.3, -0.25) is 14.2 Å². The molecule has 1 amide bonds. The predicted octanol–water partition coefficient (Wildman–Crippen LogP) is 5.09. The summed E-state index contributed by atoms with van der Waals surface area (Å²) in [5.74, 6) is -0.724. The van der Waals surface area contributed by atoms with Gasteiger partial charge in [0.1, 0.15) is 5.69 Å². The highest BCUT2D eigenvalue weighted by Gasteiger charge is 2.24. The van der Waals surface area contributed by atoms with Crippen LogP contribution in [-0.4, -0.2) is 54.6 Å². The maximum Gasteiger partial charge on any atom is 0.355 e. The molecule has 4 aromatic rings. The van der Waals surface area contributed by atoms with E-state index in [1.807, 2.05) is 54.6 Å². The van der Waals surface area contributed by atoms with Crippen LogP contribution in [-0.2, 0) is 11.3 Å². The highest BCUT2D eigenvalue weighted by molar-refractivity contribution is 9.10. The van der Waals surface area contributed by atoms with Crippen LogP contribution in [0.3, 0.4) is 0 Å². The summed E-state index contributed by atoms with van der Waals surface area (Å²) < 4.78 is 7.44. The lowest BCUT2D eigenvalue weighted by Gasteiger charge is -2.19. The molecule has 0 bridgehead atoms. The van der Waals surface area contributed by atoms with Crippen LogP contribution in [0.4, 0.5) is 0 Å². The lowest BCUT2D eigenvalue weighted by molar-refractivity contribution is 0.0588. The summed E-state index contributed by atoms with van der Waals surface area (Å²) in [6.45, 7) is 3.79. The van der Waals surface area contributed by atoms with E-state index in [2.05, 4.69) is 26.1 Å². The molecule has 5 rings (SSSR count). The minimum atomic E-state index is -0.596. The number of fused-ring (bicyclic) bond motifs is 1. The molecule has 1 aromatic heterocycles. The van der Waals surface area contributed by atoms with Gasteiger partial charge in [0, 0.05) is 34.1 Å². The lowest BCUT2D eigenvalue weighted by Crippen LogP contribution is -2.33. The average Bonchev–Trinajstić information content (AvgIpc) is 3.48. The minimum absolute atomic E-state index is 0.129. The number of rotatable bonds is 8. The Morgan fingerprint density at radius 1 is 0.949 bits per heavy atom. The van der Waals surface area contributed by atoms with E-state index in [9.17, 15) is 14.4 Å². The second kappa shape index (κ2) is 12.0. The Kier molecular flexibility index (Phi) is 8.24. The summed E-state index contributed by atoms with van der Waals surface area (Å²) in [7, 11) is 1.31. The fraction of sp³-hybridized carbons (Fsp3) is 0.258. The first-order valence-electron chi connectivity index (χ1n) is 13.1. The number of nitrogens with zero attached hydrogens (tertiary/aromatic N) is 2. The standard InChI is InChI=1S/C31H30BrN3O4/c1-39-31(38)28-27(22-7-3-2-4-8-22)26-19-24(32)13-14-25(26)30(37)35(28)20-21-9-11-23(12-10-21)29(36)33-15-18-34-16-5-6-17-34/h2-4,7-14,19H,5-6,15-18,20H2,1H3,(H,33,36). The average molecular weight is 589 g/mol. The number of hydrogen-bond acceptors (Lipinski definition) is 5. The molecule has 1 N–H and O–H groups in total. The van der Waals surface area contributed by atoms with Crippen molar-refractivity contribution in [2.75, 3.05) is 33.3 Å². The summed E-state index contributed by atoms with van der Waals surface area (Å²) in [6.07, 6.45) is 2.44. The van der Waals surface area contributed by atoms with E-state index in [0.29, 0.717) is 28.4 Å². The zero-order valence-electron chi connectivity index (χ0n) is 21.8. The van der Waals surface area contributed by atoms with E-state index >= 15 is 0 Å². The normalized spacial score (nSPS) is 13.5. The molecular formula is C31H30BrN3O4. The van der Waals surface area contributed by atoms with Crippen LogP contribution >= 0.6 is 15.9 Å². The number of carbonyl (C=O) groups excluding carboxylic acids is 2. The molecule has 2 heterocycles. The van der Waals surface area contributed by atoms with Crippen LogP contribution in [0.5, 0.6) is 0 Å². The van der Waals surface area contributed by atoms with Crippen molar-refractivity contribution in [2.45, 2.75) is 19.4 Å². The second-order valence-electron chi connectivity index (χ2n) is 9.66. The Bertz CT molecular complexity index is 1560. The van der Waals surface area contributed by atoms with Gasteiger partial charge in [0.2, 0.25) is 0 Å². The predicted molar refractivity (Wildman–Crippen MR) is 156 cm³/mol. The maximum absolute atomic E-state index is 13.7. The zero-order chi connectivity index (χ0) is 27.4. The number of carbonyl (C=O) groups is 2. The number of hydrogen-bond donors (Lipinski definition) is 1. The van der Waals surface area contributed by atoms with E-state index in [4.69, 9.17) is 4.74 Å². The van der Waals surface area contributed by atoms with Crippen molar-refractivity contribution in [1.82, 2.24) is 14.8 Å². The third kappa shape index (κ3) is 5.82. The van der Waals surface area contributed by atoms with Crippen molar-refractivity contribution in [2.24, 2.45) is 0 Å². The number of esters is 1. The molecule has 3 aromatic carbocycles. The van der Waals surface area contributed by atoms with Crippen LogP contribution < -0.4 is 10.9 Å². The molecule has 0 atom stereocenters. The Morgan fingerprint density at radius 3 is 2.36 bits per heavy atom. The number of benzene rings is 3. The van der Waals surface area contributed by atoms with Crippen LogP contribution in [0, 0.1) is 0 Å². The summed E-state index contributed by atoms with van der Waals surface area (Å²) in [5.41, 5.74) is 2.66. The maximum atomic E-state index is 13.7. The SMILES string of the molecule is COC(=O)c1c(-c2ccccc2)c2cc(Br)ccc2c(=O)n1Cc1ccc(C(=O)NCCN2CCCC2)cc1. The molecular weight excluding hydrogens is 558 g/mol. The fourth-order valence-electron chi connectivity index (χ4n) is 5.16. The monoisotopic (exact) mass is 587 g/mol. The number of methoxy groups -OCH3 is 1. The van der Waals surface area contributed by atoms with E-state index in [-0.39, 0.29) is 23.7 Å². The van der Waals surface area contributed by atoms with Crippen molar-refractivity contribution < 1.29 is 14.3 Å². The van der Waals surface area contributed by atoms with E-state index in [0.717, 1.165) is 35.2 Å². The van der Waals surface area contributed by atoms with Gasteiger partial charge in [0.25, 0.3) is 11.5 Å². The summed E-state index contributed by atoms with van der Waals surface area (Å²) in [5, 5.41) is 4.15. The van der Waals surface area contributed by atoms with Gasteiger partial charge in [-0.15, -0.1) is 0 Å². The van der Waals surface area contributed by atoms with Gasteiger partial charge < -0.3 is 15.0 Å². The van der Waals surface area contributed by atoms with Crippen molar-refractivity contribution in [3.63, 3.8) is 0 Å². The molecule has 0 saturated carbocycles. The molecule has 0 spiro atoms. The Hall–Kier alpha value is -3.75. The van der Waals surface area contributed by atoms with Crippen LogP contribution in [0.15, 0.2) is 82.1 Å². The first-order chi connectivity index (χ1) is 19.0. The summed E-state index contributed by atoms with van der Waals surface area (Å²) in [6, 6.07) is 22.1. The highest BCUT2D eigenvalue weighted by atomic mass is 79.9. The molecule has 8 heteroatoms. The molecule has 0 aliphatic carbocycles. The van der Waals surface area contributed by atoms with Crippen LogP contribution in [0.1, 0.15) is 39.3 Å². The van der Waals surface area contributed by atoms with E-state index < -0.39 is 5.97 Å². The van der Waals surface area contributed by atoms with Crippen molar-refractivity contribution >= 4 is 38.6 Å². The largest absolute Gasteiger partial charge is 0.464 e. The van der Waals surface area contributed by atoms with Crippen molar-refractivity contribution in [3.05, 3.63) is 104 Å². The number of pyridine rings is 1. The number of ether oxygens (including phenoxy) is 1. The number of halogens is 1. The van der Waals surface area contributed by atoms with Gasteiger partial charge in [-0.25, -0.2) is 4.79 Å². The number of aromatic nitrogens is 1. The van der Waals surface area contributed by atoms with Gasteiger partial charge >= 0.3 is 5.97 Å². The Labute approximate surface area is 235 Å². The first-order valence-corrected chi connectivity index (χ1v) is 13.8. The summed E-state index contributed by atoms with van der Waals surface area (Å²) in [4.78, 5) is 41.9. The van der Waals surface area contributed by atoms with Crippen LogP contribution in [0.25, 0.3) is 21.9 Å². The molecule has 39 heavy (non-hydrogen) atoms. The number of nitrogens with one attached hydrogen (secondary N) is 1.